The van der Waals surface area contributed by atoms with Gasteiger partial charge in [-0.2, -0.15) is 0 Å². The monoisotopic (exact) mass is 245 g/mol. The first-order chi connectivity index (χ1) is 8.72. The van der Waals surface area contributed by atoms with Crippen LogP contribution in [-0.2, 0) is 4.74 Å². The largest absolute Gasteiger partial charge is 0.397 e. The molecule has 0 aliphatic heterocycles. The number of pyridine rings is 1. The molecule has 2 rings (SSSR count). The molecule has 4 heteroatoms. The predicted octanol–water partition coefficient (Wildman–Crippen LogP) is 2.65. The molecule has 2 aromatic rings. The van der Waals surface area contributed by atoms with Crippen molar-refractivity contribution in [2.24, 2.45) is 0 Å². The summed E-state index contributed by atoms with van der Waals surface area (Å²) < 4.78 is 5.38. The van der Waals surface area contributed by atoms with Crippen LogP contribution in [0.4, 0.5) is 11.4 Å². The highest BCUT2D eigenvalue weighted by Crippen LogP contribution is 2.28. The fraction of sp³-hybridized carbons (Fsp3) is 0.357. The standard InChI is InChI=1S/C14H19N3O/c1-3-18-9-10(2)17-13-5-4-11-8-16-7-6-12(11)14(13)15/h4-8,10,17H,3,9,15H2,1-2H3. The number of nitrogens with one attached hydrogen (secondary N) is 1. The minimum absolute atomic E-state index is 0.228. The van der Waals surface area contributed by atoms with Gasteiger partial charge in [-0.1, -0.05) is 6.07 Å². The molecule has 0 aliphatic rings. The number of ether oxygens (including phenoxy) is 1. The lowest BCUT2D eigenvalue weighted by molar-refractivity contribution is 0.141. The molecular weight excluding hydrogens is 226 g/mol. The Balaban J connectivity index is 2.21. The number of nitrogens with two attached hydrogens (primary N) is 1. The molecule has 0 aliphatic carbocycles. The van der Waals surface area contributed by atoms with E-state index in [1.807, 2.05) is 31.3 Å². The Morgan fingerprint density at radius 2 is 2.22 bits per heavy atom. The summed E-state index contributed by atoms with van der Waals surface area (Å²) in [5, 5.41) is 5.45. The van der Waals surface area contributed by atoms with E-state index in [9.17, 15) is 0 Å². The number of nitrogen functional groups attached to an aromatic ring is 1. The van der Waals surface area contributed by atoms with Crippen molar-refractivity contribution in [3.05, 3.63) is 30.6 Å². The van der Waals surface area contributed by atoms with Crippen molar-refractivity contribution in [3.8, 4) is 0 Å². The quantitative estimate of drug-likeness (QED) is 0.795. The molecule has 0 saturated carbocycles. The molecule has 3 N–H and O–H groups in total. The zero-order chi connectivity index (χ0) is 13.0. The Morgan fingerprint density at radius 1 is 1.39 bits per heavy atom. The summed E-state index contributed by atoms with van der Waals surface area (Å²) >= 11 is 0. The zero-order valence-electron chi connectivity index (χ0n) is 10.8. The second-order valence-corrected chi connectivity index (χ2v) is 4.33. The minimum Gasteiger partial charge on any atom is -0.397 e. The second kappa shape index (κ2) is 5.69. The predicted molar refractivity (Wildman–Crippen MR) is 75.7 cm³/mol. The summed E-state index contributed by atoms with van der Waals surface area (Å²) in [6.07, 6.45) is 3.57. The second-order valence-electron chi connectivity index (χ2n) is 4.33. The molecule has 1 aromatic heterocycles. The van der Waals surface area contributed by atoms with Crippen molar-refractivity contribution in [2.45, 2.75) is 19.9 Å². The maximum absolute atomic E-state index is 6.16. The van der Waals surface area contributed by atoms with Crippen LogP contribution in [0.2, 0.25) is 0 Å². The fourth-order valence-corrected chi connectivity index (χ4v) is 1.92. The van der Waals surface area contributed by atoms with Gasteiger partial charge in [0.25, 0.3) is 0 Å². The molecule has 4 nitrogen and oxygen atoms in total. The third kappa shape index (κ3) is 2.71. The summed E-state index contributed by atoms with van der Waals surface area (Å²) in [4.78, 5) is 4.09. The Kier molecular flexibility index (Phi) is 3.99. The summed E-state index contributed by atoms with van der Waals surface area (Å²) in [6, 6.07) is 6.17. The molecule has 0 amide bonds. The Bertz CT molecular complexity index is 527. The zero-order valence-corrected chi connectivity index (χ0v) is 10.8. The van der Waals surface area contributed by atoms with Crippen LogP contribution in [0.1, 0.15) is 13.8 Å². The smallest absolute Gasteiger partial charge is 0.0664 e. The van der Waals surface area contributed by atoms with Gasteiger partial charge in [0.2, 0.25) is 0 Å². The first kappa shape index (κ1) is 12.6. The van der Waals surface area contributed by atoms with E-state index in [2.05, 4.69) is 17.2 Å². The van der Waals surface area contributed by atoms with Gasteiger partial charge in [0.1, 0.15) is 0 Å². The normalized spacial score (nSPS) is 12.6. The van der Waals surface area contributed by atoms with Crippen LogP contribution >= 0.6 is 0 Å². The SMILES string of the molecule is CCOCC(C)Nc1ccc2cnccc2c1N. The Morgan fingerprint density at radius 3 is 3.00 bits per heavy atom. The van der Waals surface area contributed by atoms with Gasteiger partial charge in [0.15, 0.2) is 0 Å². The van der Waals surface area contributed by atoms with Gasteiger partial charge >= 0.3 is 0 Å². The molecule has 18 heavy (non-hydrogen) atoms. The third-order valence-electron chi connectivity index (χ3n) is 2.84. The molecule has 1 unspecified atom stereocenters. The van der Waals surface area contributed by atoms with Gasteiger partial charge in [-0.25, -0.2) is 0 Å². The first-order valence-electron chi connectivity index (χ1n) is 6.19. The molecule has 0 bridgehead atoms. The molecule has 1 aromatic carbocycles. The van der Waals surface area contributed by atoms with Crippen LogP contribution in [0.15, 0.2) is 30.6 Å². The van der Waals surface area contributed by atoms with Crippen LogP contribution < -0.4 is 11.1 Å². The van der Waals surface area contributed by atoms with Gasteiger partial charge in [-0.05, 0) is 26.0 Å². The van der Waals surface area contributed by atoms with Crippen LogP contribution in [-0.4, -0.2) is 24.2 Å². The lowest BCUT2D eigenvalue weighted by Gasteiger charge is -2.17. The summed E-state index contributed by atoms with van der Waals surface area (Å²) in [5.41, 5.74) is 7.87. The van der Waals surface area contributed by atoms with E-state index in [-0.39, 0.29) is 6.04 Å². The van der Waals surface area contributed by atoms with Crippen molar-refractivity contribution >= 4 is 22.1 Å². The lowest BCUT2D eigenvalue weighted by atomic mass is 10.1. The van der Waals surface area contributed by atoms with Gasteiger partial charge in [0.05, 0.1) is 18.0 Å². The average molecular weight is 245 g/mol. The molecule has 1 atom stereocenters. The van der Waals surface area contributed by atoms with Crippen LogP contribution in [0.25, 0.3) is 10.8 Å². The minimum atomic E-state index is 0.228. The number of aromatic nitrogens is 1. The van der Waals surface area contributed by atoms with Crippen molar-refractivity contribution < 1.29 is 4.74 Å². The van der Waals surface area contributed by atoms with E-state index < -0.39 is 0 Å². The molecule has 0 spiro atoms. The molecule has 0 radical (unpaired) electrons. The third-order valence-corrected chi connectivity index (χ3v) is 2.84. The highest BCUT2D eigenvalue weighted by molar-refractivity contribution is 5.98. The number of benzene rings is 1. The van der Waals surface area contributed by atoms with Crippen molar-refractivity contribution in [1.29, 1.82) is 0 Å². The number of anilines is 2. The van der Waals surface area contributed by atoms with E-state index in [1.54, 1.807) is 6.20 Å². The van der Waals surface area contributed by atoms with Crippen molar-refractivity contribution in [3.63, 3.8) is 0 Å². The number of hydrogen-bond acceptors (Lipinski definition) is 4. The first-order valence-corrected chi connectivity index (χ1v) is 6.19. The number of nitrogens with zero attached hydrogens (tertiary/aromatic N) is 1. The maximum atomic E-state index is 6.16. The van der Waals surface area contributed by atoms with Gasteiger partial charge in [0, 0.05) is 35.8 Å². The number of hydrogen-bond donors (Lipinski definition) is 2. The van der Waals surface area contributed by atoms with Crippen LogP contribution in [0.5, 0.6) is 0 Å². The average Bonchev–Trinajstić information content (AvgIpc) is 2.40. The van der Waals surface area contributed by atoms with E-state index in [0.29, 0.717) is 6.61 Å². The maximum Gasteiger partial charge on any atom is 0.0664 e. The summed E-state index contributed by atoms with van der Waals surface area (Å²) in [5.74, 6) is 0. The van der Waals surface area contributed by atoms with Gasteiger partial charge in [-0.15, -0.1) is 0 Å². The topological polar surface area (TPSA) is 60.2 Å². The summed E-state index contributed by atoms with van der Waals surface area (Å²) in [6.45, 7) is 5.46. The molecule has 0 fully saturated rings. The van der Waals surface area contributed by atoms with E-state index >= 15 is 0 Å². The van der Waals surface area contributed by atoms with Gasteiger partial charge < -0.3 is 15.8 Å². The number of fused-ring (bicyclic) bond motifs is 1. The van der Waals surface area contributed by atoms with Gasteiger partial charge in [-0.3, -0.25) is 4.98 Å². The van der Waals surface area contributed by atoms with Crippen LogP contribution in [0, 0.1) is 0 Å². The molecular formula is C14H19N3O. The highest BCUT2D eigenvalue weighted by atomic mass is 16.5. The van der Waals surface area contributed by atoms with Crippen molar-refractivity contribution in [2.75, 3.05) is 24.3 Å². The van der Waals surface area contributed by atoms with Crippen LogP contribution in [0.3, 0.4) is 0 Å². The van der Waals surface area contributed by atoms with E-state index in [1.165, 1.54) is 0 Å². The number of rotatable bonds is 5. The molecule has 0 saturated heterocycles. The van der Waals surface area contributed by atoms with E-state index in [0.717, 1.165) is 28.8 Å². The molecule has 1 heterocycles. The molecule has 96 valence electrons. The fourth-order valence-electron chi connectivity index (χ4n) is 1.92. The Hall–Kier alpha value is -1.81. The highest BCUT2D eigenvalue weighted by Gasteiger charge is 2.07. The Labute approximate surface area is 107 Å². The van der Waals surface area contributed by atoms with E-state index in [4.69, 9.17) is 10.5 Å². The summed E-state index contributed by atoms with van der Waals surface area (Å²) in [7, 11) is 0. The lowest BCUT2D eigenvalue weighted by Crippen LogP contribution is -2.22. The van der Waals surface area contributed by atoms with Crippen molar-refractivity contribution in [1.82, 2.24) is 4.98 Å².